The predicted molar refractivity (Wildman–Crippen MR) is 77.2 cm³/mol. The summed E-state index contributed by atoms with van der Waals surface area (Å²) in [5.41, 5.74) is 5.29. The number of hydrogen-bond donors (Lipinski definition) is 1. The summed E-state index contributed by atoms with van der Waals surface area (Å²) in [6.45, 7) is 11.0. The molecule has 0 unspecified atom stereocenters. The largest absolute Gasteiger partial charge is 0.310 e. The van der Waals surface area contributed by atoms with Crippen LogP contribution in [0, 0.1) is 20.8 Å². The van der Waals surface area contributed by atoms with Crippen molar-refractivity contribution < 1.29 is 0 Å². The molecule has 0 aliphatic carbocycles. The van der Waals surface area contributed by atoms with Gasteiger partial charge in [-0.1, -0.05) is 24.6 Å². The second kappa shape index (κ2) is 5.97. The zero-order valence-corrected chi connectivity index (χ0v) is 12.2. The monoisotopic (exact) mass is 258 g/mol. The number of hydrogen-bond acceptors (Lipinski definition) is 3. The Morgan fingerprint density at radius 3 is 2.47 bits per heavy atom. The normalized spacial score (nSPS) is 10.9. The van der Waals surface area contributed by atoms with Crippen LogP contribution in [0.15, 0.2) is 18.5 Å². The fourth-order valence-electron chi connectivity index (χ4n) is 2.35. The van der Waals surface area contributed by atoms with Crippen molar-refractivity contribution >= 4 is 0 Å². The van der Waals surface area contributed by atoms with Crippen molar-refractivity contribution in [1.29, 1.82) is 0 Å². The Morgan fingerprint density at radius 1 is 1.16 bits per heavy atom. The molecule has 0 radical (unpaired) electrons. The van der Waals surface area contributed by atoms with Crippen LogP contribution in [0.1, 0.15) is 35.0 Å². The molecule has 1 aromatic carbocycles. The van der Waals surface area contributed by atoms with E-state index in [2.05, 4.69) is 55.2 Å². The molecule has 102 valence electrons. The minimum Gasteiger partial charge on any atom is -0.310 e. The molecule has 2 rings (SSSR count). The van der Waals surface area contributed by atoms with Gasteiger partial charge < -0.3 is 5.32 Å². The predicted octanol–water partition coefficient (Wildman–Crippen LogP) is 2.36. The van der Waals surface area contributed by atoms with Crippen LogP contribution in [0.25, 0.3) is 0 Å². The van der Waals surface area contributed by atoms with Crippen LogP contribution in [-0.2, 0) is 13.1 Å². The molecule has 1 aromatic heterocycles. The van der Waals surface area contributed by atoms with Gasteiger partial charge in [0.05, 0.1) is 13.1 Å². The number of aromatic nitrogens is 3. The van der Waals surface area contributed by atoms with E-state index in [-0.39, 0.29) is 0 Å². The summed E-state index contributed by atoms with van der Waals surface area (Å²) in [5.74, 6) is 0.851. The summed E-state index contributed by atoms with van der Waals surface area (Å²) in [7, 11) is 0. The molecule has 0 bridgehead atoms. The van der Waals surface area contributed by atoms with E-state index in [4.69, 9.17) is 0 Å². The van der Waals surface area contributed by atoms with E-state index in [0.29, 0.717) is 0 Å². The first-order chi connectivity index (χ1) is 9.10. The minimum absolute atomic E-state index is 0.732. The van der Waals surface area contributed by atoms with E-state index in [1.807, 2.05) is 11.0 Å². The third-order valence-corrected chi connectivity index (χ3v) is 3.28. The minimum atomic E-state index is 0.732. The second-order valence-electron chi connectivity index (χ2n) is 5.02. The molecule has 0 amide bonds. The van der Waals surface area contributed by atoms with Gasteiger partial charge >= 0.3 is 0 Å². The van der Waals surface area contributed by atoms with Crippen molar-refractivity contribution in [2.24, 2.45) is 0 Å². The third kappa shape index (κ3) is 3.41. The summed E-state index contributed by atoms with van der Waals surface area (Å²) in [6, 6.07) is 4.44. The zero-order valence-electron chi connectivity index (χ0n) is 12.2. The van der Waals surface area contributed by atoms with Gasteiger partial charge in [0.1, 0.15) is 6.33 Å². The summed E-state index contributed by atoms with van der Waals surface area (Å²) >= 11 is 0. The van der Waals surface area contributed by atoms with Gasteiger partial charge in [-0.15, -0.1) is 0 Å². The maximum Gasteiger partial charge on any atom is 0.164 e. The maximum atomic E-state index is 4.49. The molecule has 1 heterocycles. The Balaban J connectivity index is 2.15. The standard InChI is InChI=1S/C15H22N4/c1-5-16-8-15-17-10-19(18-15)9-14-12(3)6-11(2)7-13(14)4/h6-7,10,16H,5,8-9H2,1-4H3. The first kappa shape index (κ1) is 13.7. The molecule has 0 fully saturated rings. The number of aryl methyl sites for hydroxylation is 3. The van der Waals surface area contributed by atoms with Crippen LogP contribution in [0.5, 0.6) is 0 Å². The van der Waals surface area contributed by atoms with Crippen LogP contribution in [0.2, 0.25) is 0 Å². The highest BCUT2D eigenvalue weighted by molar-refractivity contribution is 5.37. The van der Waals surface area contributed by atoms with Crippen LogP contribution in [0.3, 0.4) is 0 Å². The van der Waals surface area contributed by atoms with Crippen LogP contribution < -0.4 is 5.32 Å². The van der Waals surface area contributed by atoms with E-state index < -0.39 is 0 Å². The smallest absolute Gasteiger partial charge is 0.164 e. The quantitative estimate of drug-likeness (QED) is 0.895. The molecular formula is C15H22N4. The number of nitrogens with one attached hydrogen (secondary N) is 1. The van der Waals surface area contributed by atoms with E-state index in [1.165, 1.54) is 22.3 Å². The summed E-state index contributed by atoms with van der Waals surface area (Å²) < 4.78 is 1.91. The molecule has 0 aliphatic heterocycles. The highest BCUT2D eigenvalue weighted by atomic mass is 15.3. The third-order valence-electron chi connectivity index (χ3n) is 3.28. The Hall–Kier alpha value is -1.68. The number of benzene rings is 1. The number of rotatable bonds is 5. The van der Waals surface area contributed by atoms with Crippen molar-refractivity contribution in [1.82, 2.24) is 20.1 Å². The lowest BCUT2D eigenvalue weighted by atomic mass is 10.00. The zero-order chi connectivity index (χ0) is 13.8. The summed E-state index contributed by atoms with van der Waals surface area (Å²) in [6.07, 6.45) is 1.81. The van der Waals surface area contributed by atoms with Crippen molar-refractivity contribution in [2.45, 2.75) is 40.8 Å². The Kier molecular flexibility index (Phi) is 4.32. The van der Waals surface area contributed by atoms with Crippen molar-refractivity contribution in [3.8, 4) is 0 Å². The first-order valence-corrected chi connectivity index (χ1v) is 6.76. The topological polar surface area (TPSA) is 42.7 Å². The first-order valence-electron chi connectivity index (χ1n) is 6.76. The SMILES string of the molecule is CCNCc1ncn(Cc2c(C)cc(C)cc2C)n1. The van der Waals surface area contributed by atoms with Gasteiger partial charge in [0, 0.05) is 0 Å². The fourth-order valence-corrected chi connectivity index (χ4v) is 2.35. The van der Waals surface area contributed by atoms with E-state index in [1.54, 1.807) is 0 Å². The second-order valence-corrected chi connectivity index (χ2v) is 5.02. The molecule has 1 N–H and O–H groups in total. The highest BCUT2D eigenvalue weighted by Gasteiger charge is 2.06. The average Bonchev–Trinajstić information content (AvgIpc) is 2.79. The van der Waals surface area contributed by atoms with Gasteiger partial charge in [0.2, 0.25) is 0 Å². The lowest BCUT2D eigenvalue weighted by Crippen LogP contribution is -2.13. The fraction of sp³-hybridized carbons (Fsp3) is 0.467. The average molecular weight is 258 g/mol. The van der Waals surface area contributed by atoms with E-state index in [9.17, 15) is 0 Å². The maximum absolute atomic E-state index is 4.49. The van der Waals surface area contributed by atoms with Gasteiger partial charge in [-0.2, -0.15) is 5.10 Å². The molecular weight excluding hydrogens is 236 g/mol. The summed E-state index contributed by atoms with van der Waals surface area (Å²) in [4.78, 5) is 4.32. The van der Waals surface area contributed by atoms with Crippen molar-refractivity contribution in [3.05, 3.63) is 46.5 Å². The molecule has 0 aliphatic rings. The summed E-state index contributed by atoms with van der Waals surface area (Å²) in [5, 5.41) is 7.72. The number of nitrogens with zero attached hydrogens (tertiary/aromatic N) is 3. The van der Waals surface area contributed by atoms with Gasteiger partial charge in [-0.25, -0.2) is 9.67 Å². The van der Waals surface area contributed by atoms with Gasteiger partial charge in [-0.05, 0) is 44.0 Å². The Bertz CT molecular complexity index is 534. The van der Waals surface area contributed by atoms with Crippen molar-refractivity contribution in [3.63, 3.8) is 0 Å². The van der Waals surface area contributed by atoms with E-state index >= 15 is 0 Å². The highest BCUT2D eigenvalue weighted by Crippen LogP contribution is 2.17. The van der Waals surface area contributed by atoms with Gasteiger partial charge in [0.15, 0.2) is 5.82 Å². The molecule has 0 spiro atoms. The molecule has 0 atom stereocenters. The van der Waals surface area contributed by atoms with Crippen molar-refractivity contribution in [2.75, 3.05) is 6.54 Å². The lowest BCUT2D eigenvalue weighted by molar-refractivity contribution is 0.640. The molecule has 0 saturated heterocycles. The van der Waals surface area contributed by atoms with E-state index in [0.717, 1.165) is 25.5 Å². The van der Waals surface area contributed by atoms with Crippen LogP contribution in [0.4, 0.5) is 0 Å². The Labute approximate surface area is 114 Å². The molecule has 4 nitrogen and oxygen atoms in total. The van der Waals surface area contributed by atoms with Gasteiger partial charge in [0.25, 0.3) is 0 Å². The Morgan fingerprint density at radius 2 is 1.84 bits per heavy atom. The molecule has 4 heteroatoms. The lowest BCUT2D eigenvalue weighted by Gasteiger charge is -2.11. The van der Waals surface area contributed by atoms with Crippen LogP contribution >= 0.6 is 0 Å². The molecule has 19 heavy (non-hydrogen) atoms. The van der Waals surface area contributed by atoms with Crippen LogP contribution in [-0.4, -0.2) is 21.3 Å². The molecule has 2 aromatic rings. The molecule has 0 saturated carbocycles. The van der Waals surface area contributed by atoms with Gasteiger partial charge in [-0.3, -0.25) is 0 Å².